The fourth-order valence-electron chi connectivity index (χ4n) is 1.17. The van der Waals surface area contributed by atoms with Crippen LogP contribution in [0.3, 0.4) is 0 Å². The maximum atomic E-state index is 11.7. The van der Waals surface area contributed by atoms with Crippen LogP contribution in [0.5, 0.6) is 0 Å². The molecule has 8 nitrogen and oxygen atoms in total. The van der Waals surface area contributed by atoms with Crippen molar-refractivity contribution in [2.24, 2.45) is 0 Å². The molecule has 0 fully saturated rings. The van der Waals surface area contributed by atoms with Gasteiger partial charge in [-0.3, -0.25) is 0 Å². The summed E-state index contributed by atoms with van der Waals surface area (Å²) in [5.74, 6) is -3.19. The van der Waals surface area contributed by atoms with Crippen molar-refractivity contribution in [2.45, 2.75) is 20.0 Å². The van der Waals surface area contributed by atoms with Gasteiger partial charge in [-0.2, -0.15) is 0 Å². The molecule has 0 saturated carbocycles. The second-order valence-electron chi connectivity index (χ2n) is 3.36. The van der Waals surface area contributed by atoms with E-state index in [0.717, 1.165) is 12.4 Å². The largest absolute Gasteiger partial charge is 0.476 e. The normalized spacial score (nSPS) is 11.5. The molecule has 0 aliphatic rings. The molecular weight excluding hydrogens is 256 g/mol. The molecule has 1 unspecified atom stereocenters. The van der Waals surface area contributed by atoms with Crippen LogP contribution in [0.25, 0.3) is 0 Å². The lowest BCUT2D eigenvalue weighted by Crippen LogP contribution is -2.27. The molecular formula is C11H12N2O6. The Morgan fingerprint density at radius 2 is 1.84 bits per heavy atom. The van der Waals surface area contributed by atoms with Crippen molar-refractivity contribution in [2.75, 3.05) is 6.61 Å². The fourth-order valence-corrected chi connectivity index (χ4v) is 1.17. The molecule has 1 atom stereocenters. The van der Waals surface area contributed by atoms with Crippen LogP contribution in [0.1, 0.15) is 34.8 Å². The predicted molar refractivity (Wildman–Crippen MR) is 60.5 cm³/mol. The molecule has 1 heterocycles. The van der Waals surface area contributed by atoms with E-state index >= 15 is 0 Å². The Morgan fingerprint density at radius 1 is 1.26 bits per heavy atom. The average molecular weight is 268 g/mol. The highest BCUT2D eigenvalue weighted by Crippen LogP contribution is 2.06. The average Bonchev–Trinajstić information content (AvgIpc) is 2.38. The third-order valence-electron chi connectivity index (χ3n) is 2.00. The highest BCUT2D eigenvalue weighted by atomic mass is 16.6. The Morgan fingerprint density at radius 3 is 2.37 bits per heavy atom. The van der Waals surface area contributed by atoms with Crippen molar-refractivity contribution >= 4 is 17.9 Å². The number of hydrogen-bond donors (Lipinski definition) is 1. The first-order valence-corrected chi connectivity index (χ1v) is 5.39. The highest BCUT2D eigenvalue weighted by Gasteiger charge is 2.25. The van der Waals surface area contributed by atoms with Gasteiger partial charge in [0.25, 0.3) is 0 Å². The monoisotopic (exact) mass is 268 g/mol. The van der Waals surface area contributed by atoms with Crippen molar-refractivity contribution in [1.82, 2.24) is 9.97 Å². The van der Waals surface area contributed by atoms with E-state index in [1.54, 1.807) is 6.92 Å². The number of aromatic carboxylic acids is 1. The SMILES string of the molecule is CCOC(=O)C(C)OC(=O)c1nccnc1C(=O)O. The molecule has 0 aliphatic heterocycles. The molecule has 0 bridgehead atoms. The highest BCUT2D eigenvalue weighted by molar-refractivity contribution is 6.00. The van der Waals surface area contributed by atoms with Crippen molar-refractivity contribution in [3.05, 3.63) is 23.8 Å². The number of esters is 2. The molecule has 0 aromatic carbocycles. The van der Waals surface area contributed by atoms with E-state index in [2.05, 4.69) is 14.7 Å². The molecule has 0 radical (unpaired) electrons. The molecule has 0 spiro atoms. The Labute approximate surface area is 108 Å². The molecule has 8 heteroatoms. The van der Waals surface area contributed by atoms with Crippen LogP contribution in [0.4, 0.5) is 0 Å². The smallest absolute Gasteiger partial charge is 0.360 e. The van der Waals surface area contributed by atoms with Crippen molar-refractivity contribution in [1.29, 1.82) is 0 Å². The van der Waals surface area contributed by atoms with Crippen LogP contribution in [0.15, 0.2) is 12.4 Å². The van der Waals surface area contributed by atoms with E-state index in [4.69, 9.17) is 9.84 Å². The van der Waals surface area contributed by atoms with Gasteiger partial charge in [0.2, 0.25) is 0 Å². The van der Waals surface area contributed by atoms with Crippen LogP contribution in [-0.4, -0.2) is 45.7 Å². The summed E-state index contributed by atoms with van der Waals surface area (Å²) in [6.07, 6.45) is 1.13. The summed E-state index contributed by atoms with van der Waals surface area (Å²) in [6, 6.07) is 0. The number of carboxylic acids is 1. The summed E-state index contributed by atoms with van der Waals surface area (Å²) < 4.78 is 9.41. The van der Waals surface area contributed by atoms with E-state index in [1.807, 2.05) is 0 Å². The van der Waals surface area contributed by atoms with Gasteiger partial charge in [-0.05, 0) is 13.8 Å². The van der Waals surface area contributed by atoms with Gasteiger partial charge in [0.1, 0.15) is 0 Å². The van der Waals surface area contributed by atoms with Gasteiger partial charge in [-0.15, -0.1) is 0 Å². The quantitative estimate of drug-likeness (QED) is 0.757. The standard InChI is InChI=1S/C11H12N2O6/c1-3-18-10(16)6(2)19-11(17)8-7(9(14)15)12-4-5-13-8/h4-6H,3H2,1-2H3,(H,14,15). The van der Waals surface area contributed by atoms with Gasteiger partial charge < -0.3 is 14.6 Å². The number of carbonyl (C=O) groups is 3. The summed E-state index contributed by atoms with van der Waals surface area (Å²) in [5.41, 5.74) is -1.00. The van der Waals surface area contributed by atoms with Gasteiger partial charge >= 0.3 is 17.9 Å². The van der Waals surface area contributed by atoms with Gasteiger partial charge in [0, 0.05) is 12.4 Å². The van der Waals surface area contributed by atoms with E-state index in [9.17, 15) is 14.4 Å². The van der Waals surface area contributed by atoms with Crippen LogP contribution in [0, 0.1) is 0 Å². The van der Waals surface area contributed by atoms with Crippen LogP contribution in [-0.2, 0) is 14.3 Å². The zero-order chi connectivity index (χ0) is 14.4. The number of ether oxygens (including phenoxy) is 2. The first-order valence-electron chi connectivity index (χ1n) is 5.39. The Hall–Kier alpha value is -2.51. The zero-order valence-electron chi connectivity index (χ0n) is 10.3. The summed E-state index contributed by atoms with van der Waals surface area (Å²) in [6.45, 7) is 3.07. The van der Waals surface area contributed by atoms with Crippen molar-refractivity contribution in [3.63, 3.8) is 0 Å². The molecule has 1 N–H and O–H groups in total. The number of hydrogen-bond acceptors (Lipinski definition) is 7. The molecule has 102 valence electrons. The molecule has 1 aromatic heterocycles. The van der Waals surface area contributed by atoms with Gasteiger partial charge in [-0.1, -0.05) is 0 Å². The Bertz CT molecular complexity index is 502. The number of aromatic nitrogens is 2. The molecule has 19 heavy (non-hydrogen) atoms. The summed E-state index contributed by atoms with van der Waals surface area (Å²) in [4.78, 5) is 40.9. The molecule has 1 aromatic rings. The zero-order valence-corrected chi connectivity index (χ0v) is 10.3. The Balaban J connectivity index is 2.84. The molecule has 0 saturated heterocycles. The number of rotatable bonds is 5. The second-order valence-corrected chi connectivity index (χ2v) is 3.36. The van der Waals surface area contributed by atoms with E-state index in [1.165, 1.54) is 6.92 Å². The summed E-state index contributed by atoms with van der Waals surface area (Å²) in [7, 11) is 0. The van der Waals surface area contributed by atoms with E-state index in [0.29, 0.717) is 0 Å². The molecule has 0 aliphatic carbocycles. The third kappa shape index (κ3) is 3.73. The first-order chi connectivity index (χ1) is 8.97. The first kappa shape index (κ1) is 14.6. The summed E-state index contributed by atoms with van der Waals surface area (Å²) >= 11 is 0. The number of nitrogens with zero attached hydrogens (tertiary/aromatic N) is 2. The maximum Gasteiger partial charge on any atom is 0.360 e. The lowest BCUT2D eigenvalue weighted by Gasteiger charge is -2.11. The fraction of sp³-hybridized carbons (Fsp3) is 0.364. The van der Waals surface area contributed by atoms with Gasteiger partial charge in [0.15, 0.2) is 17.5 Å². The molecule has 1 rings (SSSR count). The summed E-state index contributed by atoms with van der Waals surface area (Å²) in [5, 5.41) is 8.84. The van der Waals surface area contributed by atoms with Gasteiger partial charge in [-0.25, -0.2) is 24.4 Å². The number of carbonyl (C=O) groups excluding carboxylic acids is 2. The van der Waals surface area contributed by atoms with Crippen LogP contribution < -0.4 is 0 Å². The second kappa shape index (κ2) is 6.43. The van der Waals surface area contributed by atoms with Crippen LogP contribution in [0.2, 0.25) is 0 Å². The minimum absolute atomic E-state index is 0.145. The molecule has 0 amide bonds. The van der Waals surface area contributed by atoms with Crippen molar-refractivity contribution < 1.29 is 29.0 Å². The number of carboxylic acid groups (broad SMARTS) is 1. The minimum atomic E-state index is -1.41. The van der Waals surface area contributed by atoms with Gasteiger partial charge in [0.05, 0.1) is 6.61 Å². The lowest BCUT2D eigenvalue weighted by molar-refractivity contribution is -0.152. The third-order valence-corrected chi connectivity index (χ3v) is 2.00. The maximum absolute atomic E-state index is 11.7. The minimum Gasteiger partial charge on any atom is -0.476 e. The van der Waals surface area contributed by atoms with E-state index < -0.39 is 35.4 Å². The van der Waals surface area contributed by atoms with Crippen molar-refractivity contribution in [3.8, 4) is 0 Å². The van der Waals surface area contributed by atoms with Crippen LogP contribution >= 0.6 is 0 Å². The lowest BCUT2D eigenvalue weighted by atomic mass is 10.3. The topological polar surface area (TPSA) is 116 Å². The Kier molecular flexibility index (Phi) is 4.92. The van der Waals surface area contributed by atoms with E-state index in [-0.39, 0.29) is 6.61 Å². The predicted octanol–water partition coefficient (Wildman–Crippen LogP) is 0.283.